The van der Waals surface area contributed by atoms with E-state index in [9.17, 15) is 10.1 Å². The highest BCUT2D eigenvalue weighted by Crippen LogP contribution is 2.39. The lowest BCUT2D eigenvalue weighted by Crippen LogP contribution is -2.18. The average molecular weight is 417 g/mol. The Morgan fingerprint density at radius 3 is 2.55 bits per heavy atom. The first kappa shape index (κ1) is 20.0. The van der Waals surface area contributed by atoms with Gasteiger partial charge in [-0.3, -0.25) is 9.78 Å². The zero-order valence-corrected chi connectivity index (χ0v) is 17.4. The minimum absolute atomic E-state index is 0.224. The molecule has 8 heteroatoms. The Morgan fingerprint density at radius 1 is 1.13 bits per heavy atom. The van der Waals surface area contributed by atoms with Crippen LogP contribution >= 0.6 is 0 Å². The molecule has 0 aliphatic carbocycles. The summed E-state index contributed by atoms with van der Waals surface area (Å²) >= 11 is 0. The Bertz CT molecular complexity index is 1370. The SMILES string of the molecule is CNC(=O)c1c(C)oc2cc(Oc3c(C#N)cnc4cc(OC)c(OC)cc34)ccc12. The van der Waals surface area contributed by atoms with Crippen molar-refractivity contribution < 1.29 is 23.4 Å². The largest absolute Gasteiger partial charge is 0.493 e. The predicted octanol–water partition coefficient (Wildman–Crippen LogP) is 4.33. The topological polar surface area (TPSA) is 107 Å². The van der Waals surface area contributed by atoms with Gasteiger partial charge in [0.2, 0.25) is 0 Å². The van der Waals surface area contributed by atoms with E-state index in [2.05, 4.69) is 16.4 Å². The Balaban J connectivity index is 1.85. The number of hydrogen-bond acceptors (Lipinski definition) is 7. The lowest BCUT2D eigenvalue weighted by molar-refractivity contribution is 0.0963. The van der Waals surface area contributed by atoms with E-state index in [0.717, 1.165) is 0 Å². The van der Waals surface area contributed by atoms with Crippen LogP contribution in [0.25, 0.3) is 21.9 Å². The maximum Gasteiger partial charge on any atom is 0.255 e. The molecule has 4 rings (SSSR count). The average Bonchev–Trinajstić information content (AvgIpc) is 3.12. The van der Waals surface area contributed by atoms with E-state index in [1.54, 1.807) is 51.4 Å². The molecule has 1 N–H and O–H groups in total. The van der Waals surface area contributed by atoms with Crippen molar-refractivity contribution in [2.45, 2.75) is 6.92 Å². The summed E-state index contributed by atoms with van der Waals surface area (Å²) in [6.45, 7) is 1.73. The lowest BCUT2D eigenvalue weighted by atomic mass is 10.1. The second-order valence-corrected chi connectivity index (χ2v) is 6.71. The van der Waals surface area contributed by atoms with Gasteiger partial charge in [0.05, 0.1) is 25.3 Å². The number of nitriles is 1. The number of ether oxygens (including phenoxy) is 3. The number of aromatic nitrogens is 1. The molecular weight excluding hydrogens is 398 g/mol. The number of rotatable bonds is 5. The standard InChI is InChI=1S/C23H19N3O5/c1-12-21(23(27)25-2)15-6-5-14(7-18(15)30-12)31-22-13(10-24)11-26-17-9-20(29-4)19(28-3)8-16(17)22/h5-9,11H,1-4H3,(H,25,27). The van der Waals surface area contributed by atoms with E-state index in [-0.39, 0.29) is 11.5 Å². The van der Waals surface area contributed by atoms with Crippen molar-refractivity contribution in [1.29, 1.82) is 5.26 Å². The third kappa shape index (κ3) is 3.36. The van der Waals surface area contributed by atoms with Gasteiger partial charge in [-0.2, -0.15) is 5.26 Å². The fourth-order valence-corrected chi connectivity index (χ4v) is 3.47. The first-order chi connectivity index (χ1) is 15.0. The minimum atomic E-state index is -0.224. The van der Waals surface area contributed by atoms with Crippen LogP contribution in [0.15, 0.2) is 40.9 Å². The Kier molecular flexibility index (Phi) is 5.09. The number of nitrogens with zero attached hydrogens (tertiary/aromatic N) is 2. The van der Waals surface area contributed by atoms with E-state index in [0.29, 0.717) is 56.2 Å². The molecule has 31 heavy (non-hydrogen) atoms. The van der Waals surface area contributed by atoms with Crippen LogP contribution in [0.5, 0.6) is 23.0 Å². The Labute approximate surface area is 178 Å². The molecule has 0 radical (unpaired) electrons. The van der Waals surface area contributed by atoms with Crippen molar-refractivity contribution in [3.8, 4) is 29.1 Å². The lowest BCUT2D eigenvalue weighted by Gasteiger charge is -2.13. The minimum Gasteiger partial charge on any atom is -0.493 e. The van der Waals surface area contributed by atoms with Gasteiger partial charge in [0.25, 0.3) is 5.91 Å². The van der Waals surface area contributed by atoms with Crippen LogP contribution < -0.4 is 19.5 Å². The summed E-state index contributed by atoms with van der Waals surface area (Å²) < 4.78 is 22.6. The number of hydrogen-bond donors (Lipinski definition) is 1. The van der Waals surface area contributed by atoms with E-state index in [1.165, 1.54) is 13.3 Å². The van der Waals surface area contributed by atoms with Gasteiger partial charge in [-0.25, -0.2) is 0 Å². The normalized spacial score (nSPS) is 10.7. The second-order valence-electron chi connectivity index (χ2n) is 6.71. The van der Waals surface area contributed by atoms with Crippen molar-refractivity contribution >= 4 is 27.8 Å². The van der Waals surface area contributed by atoms with Crippen molar-refractivity contribution in [2.75, 3.05) is 21.3 Å². The highest BCUT2D eigenvalue weighted by atomic mass is 16.5. The molecule has 0 bridgehead atoms. The molecule has 0 fully saturated rings. The third-order valence-electron chi connectivity index (χ3n) is 4.96. The molecule has 2 aromatic heterocycles. The fourth-order valence-electron chi connectivity index (χ4n) is 3.47. The highest BCUT2D eigenvalue weighted by Gasteiger charge is 2.19. The van der Waals surface area contributed by atoms with Gasteiger partial charge in [0, 0.05) is 36.1 Å². The van der Waals surface area contributed by atoms with E-state index >= 15 is 0 Å². The van der Waals surface area contributed by atoms with Crippen LogP contribution in [-0.4, -0.2) is 32.2 Å². The van der Waals surface area contributed by atoms with E-state index in [4.69, 9.17) is 18.6 Å². The molecule has 0 spiro atoms. The van der Waals surface area contributed by atoms with Crippen LogP contribution in [0, 0.1) is 18.3 Å². The molecule has 4 aromatic rings. The van der Waals surface area contributed by atoms with Gasteiger partial charge in [-0.05, 0) is 25.1 Å². The zero-order valence-electron chi connectivity index (χ0n) is 17.4. The molecule has 0 saturated heterocycles. The van der Waals surface area contributed by atoms with Gasteiger partial charge in [0.15, 0.2) is 17.2 Å². The van der Waals surface area contributed by atoms with Crippen LogP contribution in [0.3, 0.4) is 0 Å². The number of aryl methyl sites for hydroxylation is 1. The van der Waals surface area contributed by atoms with Gasteiger partial charge < -0.3 is 23.9 Å². The Morgan fingerprint density at radius 2 is 1.87 bits per heavy atom. The van der Waals surface area contributed by atoms with E-state index < -0.39 is 0 Å². The number of amides is 1. The molecule has 0 unspecified atom stereocenters. The van der Waals surface area contributed by atoms with E-state index in [1.807, 2.05) is 0 Å². The maximum absolute atomic E-state index is 12.2. The van der Waals surface area contributed by atoms with Crippen LogP contribution in [0.2, 0.25) is 0 Å². The predicted molar refractivity (Wildman–Crippen MR) is 114 cm³/mol. The quantitative estimate of drug-likeness (QED) is 0.515. The Hall–Kier alpha value is -4.25. The van der Waals surface area contributed by atoms with Crippen LogP contribution in [0.1, 0.15) is 21.7 Å². The molecule has 0 aliphatic rings. The van der Waals surface area contributed by atoms with Crippen LogP contribution in [0.4, 0.5) is 0 Å². The summed E-state index contributed by atoms with van der Waals surface area (Å²) in [5.74, 6) is 2.08. The third-order valence-corrected chi connectivity index (χ3v) is 4.96. The molecule has 2 aromatic carbocycles. The number of benzene rings is 2. The molecule has 0 saturated carbocycles. The smallest absolute Gasteiger partial charge is 0.255 e. The molecule has 1 amide bonds. The van der Waals surface area contributed by atoms with Gasteiger partial charge >= 0.3 is 0 Å². The summed E-state index contributed by atoms with van der Waals surface area (Å²) in [5, 5.41) is 13.5. The van der Waals surface area contributed by atoms with Crippen molar-refractivity contribution in [3.63, 3.8) is 0 Å². The molecule has 156 valence electrons. The second kappa shape index (κ2) is 7.88. The maximum atomic E-state index is 12.2. The number of nitrogens with one attached hydrogen (secondary N) is 1. The number of furan rings is 1. The van der Waals surface area contributed by atoms with Crippen molar-refractivity contribution in [2.24, 2.45) is 0 Å². The van der Waals surface area contributed by atoms with Crippen molar-refractivity contribution in [1.82, 2.24) is 10.3 Å². The first-order valence-corrected chi connectivity index (χ1v) is 9.38. The summed E-state index contributed by atoms with van der Waals surface area (Å²) in [7, 11) is 4.64. The van der Waals surface area contributed by atoms with Gasteiger partial charge in [-0.1, -0.05) is 0 Å². The molecule has 0 atom stereocenters. The molecule has 8 nitrogen and oxygen atoms in total. The number of fused-ring (bicyclic) bond motifs is 2. The summed E-state index contributed by atoms with van der Waals surface area (Å²) in [4.78, 5) is 16.5. The van der Waals surface area contributed by atoms with Gasteiger partial charge in [-0.15, -0.1) is 0 Å². The zero-order chi connectivity index (χ0) is 22.1. The molecule has 2 heterocycles. The number of carbonyl (C=O) groups is 1. The monoisotopic (exact) mass is 417 g/mol. The summed E-state index contributed by atoms with van der Waals surface area (Å²) in [6, 6.07) is 10.7. The first-order valence-electron chi connectivity index (χ1n) is 9.38. The molecular formula is C23H19N3O5. The van der Waals surface area contributed by atoms with Crippen molar-refractivity contribution in [3.05, 3.63) is 53.4 Å². The molecule has 0 aliphatic heterocycles. The summed E-state index contributed by atoms with van der Waals surface area (Å²) in [5.41, 5.74) is 1.84. The highest BCUT2D eigenvalue weighted by molar-refractivity contribution is 6.07. The number of methoxy groups -OCH3 is 2. The number of carbonyl (C=O) groups excluding carboxylic acids is 1. The van der Waals surface area contributed by atoms with Gasteiger partial charge in [0.1, 0.15) is 28.7 Å². The van der Waals surface area contributed by atoms with Crippen LogP contribution in [-0.2, 0) is 0 Å². The number of pyridine rings is 1. The summed E-state index contributed by atoms with van der Waals surface area (Å²) in [6.07, 6.45) is 1.45. The fraction of sp³-hybridized carbons (Fsp3) is 0.174.